The van der Waals surface area contributed by atoms with Crippen LogP contribution in [0.1, 0.15) is 18.7 Å². The molecule has 0 bridgehead atoms. The van der Waals surface area contributed by atoms with Gasteiger partial charge in [-0.25, -0.2) is 4.79 Å². The Morgan fingerprint density at radius 3 is 2.91 bits per heavy atom. The minimum absolute atomic E-state index is 0.0924. The van der Waals surface area contributed by atoms with E-state index in [2.05, 4.69) is 9.97 Å². The van der Waals surface area contributed by atoms with E-state index in [1.807, 2.05) is 24.3 Å². The van der Waals surface area contributed by atoms with Crippen LogP contribution in [0, 0.1) is 0 Å². The normalized spacial score (nSPS) is 25.8. The molecule has 0 radical (unpaired) electrons. The number of carbonyl (C=O) groups is 1. The smallest absolute Gasteiger partial charge is 0.351 e. The number of benzene rings is 1. The van der Waals surface area contributed by atoms with Gasteiger partial charge in [-0.05, 0) is 24.6 Å². The maximum absolute atomic E-state index is 12.5. The van der Waals surface area contributed by atoms with Crippen LogP contribution < -0.4 is 16.9 Å². The summed E-state index contributed by atoms with van der Waals surface area (Å²) >= 11 is 0. The van der Waals surface area contributed by atoms with Crippen LogP contribution in [0.5, 0.6) is 0 Å². The van der Waals surface area contributed by atoms with E-state index in [1.165, 1.54) is 19.2 Å². The van der Waals surface area contributed by atoms with Gasteiger partial charge in [0.1, 0.15) is 30.5 Å². The molecule has 1 fully saturated rings. The van der Waals surface area contributed by atoms with Crippen LogP contribution in [-0.4, -0.2) is 66.4 Å². The predicted molar refractivity (Wildman–Crippen MR) is 115 cm³/mol. The highest BCUT2D eigenvalue weighted by Crippen LogP contribution is 2.36. The number of nitrogens with zero attached hydrogens (tertiary/aromatic N) is 2. The summed E-state index contributed by atoms with van der Waals surface area (Å²) in [5.41, 5.74) is 6.89. The summed E-state index contributed by atoms with van der Waals surface area (Å²) in [5, 5.41) is 31.1. The van der Waals surface area contributed by atoms with E-state index in [-0.39, 0.29) is 18.8 Å². The molecule has 33 heavy (non-hydrogen) atoms. The second kappa shape index (κ2) is 8.92. The number of esters is 1. The average molecular weight is 459 g/mol. The molecular weight excluding hydrogens is 434 g/mol. The van der Waals surface area contributed by atoms with Gasteiger partial charge in [-0.3, -0.25) is 20.0 Å². The van der Waals surface area contributed by atoms with Gasteiger partial charge in [0.2, 0.25) is 0 Å². The Kier molecular flexibility index (Phi) is 6.19. The summed E-state index contributed by atoms with van der Waals surface area (Å²) in [7, 11) is 0. The van der Waals surface area contributed by atoms with E-state index in [9.17, 15) is 19.8 Å². The van der Waals surface area contributed by atoms with Gasteiger partial charge >= 0.3 is 11.7 Å². The van der Waals surface area contributed by atoms with Crippen molar-refractivity contribution in [2.24, 2.45) is 5.73 Å². The van der Waals surface area contributed by atoms with E-state index in [0.29, 0.717) is 0 Å². The number of nitrogens with one attached hydrogen (secondary N) is 2. The van der Waals surface area contributed by atoms with Crippen molar-refractivity contribution in [1.82, 2.24) is 14.5 Å². The number of hydrogen-bond acceptors (Lipinski definition) is 10. The topological polar surface area (TPSA) is 185 Å². The first-order valence-electron chi connectivity index (χ1n) is 10.2. The molecule has 1 aliphatic rings. The number of aromatic amines is 1. The van der Waals surface area contributed by atoms with E-state index < -0.39 is 41.7 Å². The molecule has 3 aromatic rings. The van der Waals surface area contributed by atoms with Crippen LogP contribution in [0.4, 0.5) is 5.82 Å². The number of nitrogens with two attached hydrogens (primary N) is 1. The number of aliphatic hydroxyl groups excluding tert-OH is 1. The fraction of sp³-hybridized carbons (Fsp3) is 0.381. The maximum atomic E-state index is 12.5. The first-order chi connectivity index (χ1) is 15.7. The molecule has 1 saturated heterocycles. The highest BCUT2D eigenvalue weighted by molar-refractivity contribution is 5.84. The minimum atomic E-state index is -1.83. The number of anilines is 1. The number of para-hydroxylation sites is 1. The SMILES string of the molecule is CC1(O)[C@H](O)[C@H](n2ccc(NO)nc2=O)O[C@@H]1COC(=O)[C@@H](N)Cc1c[nH]c2ccccc12. The van der Waals surface area contributed by atoms with Crippen LogP contribution in [0.15, 0.2) is 47.5 Å². The molecule has 0 amide bonds. The monoisotopic (exact) mass is 459 g/mol. The Bertz CT molecular complexity index is 1210. The van der Waals surface area contributed by atoms with Gasteiger partial charge in [-0.1, -0.05) is 18.2 Å². The second-order valence-electron chi connectivity index (χ2n) is 8.10. The maximum Gasteiger partial charge on any atom is 0.351 e. The van der Waals surface area contributed by atoms with Crippen molar-refractivity contribution in [2.75, 3.05) is 12.1 Å². The van der Waals surface area contributed by atoms with E-state index in [1.54, 1.807) is 11.7 Å². The van der Waals surface area contributed by atoms with Crippen LogP contribution in [0.2, 0.25) is 0 Å². The summed E-state index contributed by atoms with van der Waals surface area (Å²) in [6, 6.07) is 7.95. The second-order valence-corrected chi connectivity index (χ2v) is 8.10. The molecule has 12 nitrogen and oxygen atoms in total. The van der Waals surface area contributed by atoms with Gasteiger partial charge in [0.15, 0.2) is 12.0 Å². The molecule has 1 unspecified atom stereocenters. The third-order valence-corrected chi connectivity index (χ3v) is 5.84. The molecular formula is C21H25N5O7. The third-order valence-electron chi connectivity index (χ3n) is 5.84. The van der Waals surface area contributed by atoms with Crippen molar-refractivity contribution < 1.29 is 29.7 Å². The summed E-state index contributed by atoms with van der Waals surface area (Å²) in [5.74, 6) is -0.792. The summed E-state index contributed by atoms with van der Waals surface area (Å²) < 4.78 is 11.9. The lowest BCUT2D eigenvalue weighted by Gasteiger charge is -2.26. The molecule has 7 N–H and O–H groups in total. The van der Waals surface area contributed by atoms with Crippen molar-refractivity contribution in [3.63, 3.8) is 0 Å². The standard InChI is InChI=1S/C21H25N5O7/c1-21(30)15(33-18(17(21)27)26-7-6-16(25-31)24-20(26)29)10-32-19(28)13(22)8-11-9-23-14-5-3-2-4-12(11)14/h2-7,9,13,15,17-18,23,27,30-31H,8,10,22H2,1H3,(H,24,25,29)/t13-,15+,17+,18+,21?/m0/s1. The Morgan fingerprint density at radius 2 is 2.18 bits per heavy atom. The largest absolute Gasteiger partial charge is 0.462 e. The van der Waals surface area contributed by atoms with Crippen molar-refractivity contribution in [1.29, 1.82) is 0 Å². The molecule has 0 aliphatic carbocycles. The predicted octanol–water partition coefficient (Wildman–Crippen LogP) is -0.352. The van der Waals surface area contributed by atoms with E-state index in [0.717, 1.165) is 21.0 Å². The molecule has 1 aliphatic heterocycles. The van der Waals surface area contributed by atoms with Gasteiger partial charge < -0.3 is 30.4 Å². The van der Waals surface area contributed by atoms with Crippen LogP contribution in [0.25, 0.3) is 10.9 Å². The molecule has 5 atom stereocenters. The number of aromatic nitrogens is 3. The summed E-state index contributed by atoms with van der Waals surface area (Å²) in [6.45, 7) is 0.920. The number of ether oxygens (including phenoxy) is 2. The summed E-state index contributed by atoms with van der Waals surface area (Å²) in [4.78, 5) is 31.3. The van der Waals surface area contributed by atoms with Crippen molar-refractivity contribution in [3.8, 4) is 0 Å². The van der Waals surface area contributed by atoms with Crippen molar-refractivity contribution in [2.45, 2.75) is 43.4 Å². The number of H-pyrrole nitrogens is 1. The average Bonchev–Trinajstić information content (AvgIpc) is 3.30. The lowest BCUT2D eigenvalue weighted by Crippen LogP contribution is -2.48. The Balaban J connectivity index is 1.41. The van der Waals surface area contributed by atoms with Gasteiger partial charge in [0.25, 0.3) is 0 Å². The molecule has 12 heteroatoms. The minimum Gasteiger partial charge on any atom is -0.462 e. The molecule has 2 aromatic heterocycles. The number of hydrogen-bond donors (Lipinski definition) is 6. The van der Waals surface area contributed by atoms with Crippen molar-refractivity contribution in [3.05, 3.63) is 58.8 Å². The van der Waals surface area contributed by atoms with Gasteiger partial charge in [-0.15, -0.1) is 0 Å². The molecule has 176 valence electrons. The molecule has 0 spiro atoms. The molecule has 4 rings (SSSR count). The van der Waals surface area contributed by atoms with Crippen LogP contribution >= 0.6 is 0 Å². The fourth-order valence-electron chi connectivity index (χ4n) is 3.84. The lowest BCUT2D eigenvalue weighted by molar-refractivity contribution is -0.154. The highest BCUT2D eigenvalue weighted by Gasteiger charge is 2.53. The fourth-order valence-corrected chi connectivity index (χ4v) is 3.84. The number of aliphatic hydroxyl groups is 2. The lowest BCUT2D eigenvalue weighted by atomic mass is 9.95. The number of carbonyl (C=O) groups excluding carboxylic acids is 1. The first-order valence-corrected chi connectivity index (χ1v) is 10.2. The zero-order chi connectivity index (χ0) is 23.8. The van der Waals surface area contributed by atoms with E-state index >= 15 is 0 Å². The van der Waals surface area contributed by atoms with Gasteiger partial charge in [-0.2, -0.15) is 4.98 Å². The summed E-state index contributed by atoms with van der Waals surface area (Å²) in [6.07, 6.45) is -0.673. The first kappa shape index (κ1) is 22.9. The highest BCUT2D eigenvalue weighted by atomic mass is 16.6. The number of fused-ring (bicyclic) bond motifs is 1. The van der Waals surface area contributed by atoms with Crippen molar-refractivity contribution >= 4 is 22.7 Å². The van der Waals surface area contributed by atoms with Crippen LogP contribution in [-0.2, 0) is 20.7 Å². The van der Waals surface area contributed by atoms with Gasteiger partial charge in [0.05, 0.1) is 0 Å². The molecule has 0 saturated carbocycles. The van der Waals surface area contributed by atoms with Gasteiger partial charge in [0, 0.05) is 29.7 Å². The Hall–Kier alpha value is -3.29. The zero-order valence-corrected chi connectivity index (χ0v) is 17.7. The number of rotatable bonds is 7. The Labute approximate surface area is 187 Å². The zero-order valence-electron chi connectivity index (χ0n) is 17.7. The van der Waals surface area contributed by atoms with E-state index in [4.69, 9.17) is 20.4 Å². The quantitative estimate of drug-likeness (QED) is 0.201. The van der Waals surface area contributed by atoms with Crippen LogP contribution in [0.3, 0.4) is 0 Å². The molecule has 1 aromatic carbocycles. The third kappa shape index (κ3) is 4.34. The Morgan fingerprint density at radius 1 is 1.42 bits per heavy atom. The molecule has 3 heterocycles.